The number of para-hydroxylation sites is 2. The molecule has 4 aliphatic carbocycles. The van der Waals surface area contributed by atoms with Crippen LogP contribution in [0.2, 0.25) is 0 Å². The second-order valence-corrected chi connectivity index (χ2v) is 11.8. The van der Waals surface area contributed by atoms with Gasteiger partial charge < -0.3 is 9.84 Å². The molecule has 1 N–H and O–H groups in total. The van der Waals surface area contributed by atoms with Crippen molar-refractivity contribution in [1.29, 1.82) is 0 Å². The molecule has 1 aromatic heterocycles. The summed E-state index contributed by atoms with van der Waals surface area (Å²) in [5.41, 5.74) is 2.60. The first-order valence-corrected chi connectivity index (χ1v) is 14.5. The normalized spacial score (nSPS) is 26.4. The molecule has 8 nitrogen and oxygen atoms in total. The molecule has 2 amide bonds. The zero-order valence-electron chi connectivity index (χ0n) is 22.9. The molecule has 2 heterocycles. The molecular formula is C35H26N2O6. The summed E-state index contributed by atoms with van der Waals surface area (Å²) < 4.78 is 5.37. The van der Waals surface area contributed by atoms with E-state index in [-0.39, 0.29) is 52.4 Å². The van der Waals surface area contributed by atoms with Gasteiger partial charge in [0.25, 0.3) is 0 Å². The summed E-state index contributed by atoms with van der Waals surface area (Å²) in [7, 11) is 0. The van der Waals surface area contributed by atoms with Crippen LogP contribution in [0.25, 0.3) is 22.2 Å². The predicted octanol–water partition coefficient (Wildman–Crippen LogP) is 5.20. The number of allylic oxidation sites excluding steroid dienone is 2. The summed E-state index contributed by atoms with van der Waals surface area (Å²) in [6, 6.07) is 21.9. The number of imide groups is 1. The molecule has 0 radical (unpaired) electrons. The van der Waals surface area contributed by atoms with Crippen molar-refractivity contribution >= 4 is 40.2 Å². The molecule has 9 rings (SSSR count). The Labute approximate surface area is 246 Å². The van der Waals surface area contributed by atoms with Crippen LogP contribution in [0, 0.1) is 35.5 Å². The van der Waals surface area contributed by atoms with Gasteiger partial charge >= 0.3 is 5.97 Å². The summed E-state index contributed by atoms with van der Waals surface area (Å²) >= 11 is 0. The van der Waals surface area contributed by atoms with Crippen molar-refractivity contribution in [3.05, 3.63) is 102 Å². The number of Topliss-reactive ketones (excluding diaryl/α,β-unsaturated/α-hetero) is 1. The lowest BCUT2D eigenvalue weighted by atomic mass is 9.63. The highest BCUT2D eigenvalue weighted by atomic mass is 16.5. The van der Waals surface area contributed by atoms with E-state index >= 15 is 0 Å². The number of carbonyl (C=O) groups is 4. The van der Waals surface area contributed by atoms with E-state index in [2.05, 4.69) is 12.2 Å². The van der Waals surface area contributed by atoms with Crippen LogP contribution in [-0.4, -0.2) is 40.3 Å². The molecule has 5 aliphatic rings. The van der Waals surface area contributed by atoms with Crippen LogP contribution < -0.4 is 4.90 Å². The van der Waals surface area contributed by atoms with Gasteiger partial charge in [-0.2, -0.15) is 0 Å². The number of anilines is 1. The molecule has 4 aromatic rings. The van der Waals surface area contributed by atoms with Gasteiger partial charge in [0.1, 0.15) is 5.75 Å². The first kappa shape index (κ1) is 25.6. The van der Waals surface area contributed by atoms with Crippen LogP contribution >= 0.6 is 0 Å². The number of amides is 2. The Hall–Kier alpha value is -5.11. The Morgan fingerprint density at radius 1 is 0.837 bits per heavy atom. The van der Waals surface area contributed by atoms with Crippen molar-refractivity contribution < 1.29 is 29.0 Å². The Balaban J connectivity index is 1.06. The smallest absolute Gasteiger partial charge is 0.339 e. The zero-order chi connectivity index (χ0) is 29.4. The number of rotatable bonds is 6. The molecule has 8 heteroatoms. The molecule has 43 heavy (non-hydrogen) atoms. The second-order valence-electron chi connectivity index (χ2n) is 11.8. The van der Waals surface area contributed by atoms with Crippen LogP contribution in [0.1, 0.15) is 27.1 Å². The maximum absolute atomic E-state index is 13.5. The van der Waals surface area contributed by atoms with Gasteiger partial charge in [0.05, 0.1) is 39.9 Å². The van der Waals surface area contributed by atoms with Crippen LogP contribution in [0.5, 0.6) is 5.75 Å². The van der Waals surface area contributed by atoms with Crippen molar-refractivity contribution in [2.24, 2.45) is 35.5 Å². The highest BCUT2D eigenvalue weighted by molar-refractivity contribution is 6.22. The summed E-state index contributed by atoms with van der Waals surface area (Å²) in [6.45, 7) is -0.532. The largest absolute Gasteiger partial charge is 0.507 e. The molecule has 212 valence electrons. The predicted molar refractivity (Wildman–Crippen MR) is 157 cm³/mol. The van der Waals surface area contributed by atoms with E-state index in [1.165, 1.54) is 17.0 Å². The Morgan fingerprint density at radius 3 is 2.19 bits per heavy atom. The fraction of sp³-hybridized carbons (Fsp3) is 0.229. The molecule has 3 aromatic carbocycles. The topological polar surface area (TPSA) is 114 Å². The fourth-order valence-corrected chi connectivity index (χ4v) is 7.48. The molecule has 1 saturated heterocycles. The highest BCUT2D eigenvalue weighted by Crippen LogP contribution is 2.65. The number of pyridine rings is 1. The number of aromatic nitrogens is 1. The van der Waals surface area contributed by atoms with Crippen molar-refractivity contribution in [3.63, 3.8) is 0 Å². The van der Waals surface area contributed by atoms with Crippen molar-refractivity contribution in [1.82, 2.24) is 4.98 Å². The number of fused-ring (bicyclic) bond motifs is 1. The Bertz CT molecular complexity index is 1860. The van der Waals surface area contributed by atoms with E-state index in [0.717, 1.165) is 6.42 Å². The average molecular weight is 571 g/mol. The summed E-state index contributed by atoms with van der Waals surface area (Å²) in [6.07, 6.45) is 5.44. The number of phenols is 1. The average Bonchev–Trinajstić information content (AvgIpc) is 3.82. The van der Waals surface area contributed by atoms with Gasteiger partial charge in [-0.3, -0.25) is 19.3 Å². The van der Waals surface area contributed by atoms with E-state index in [9.17, 15) is 24.3 Å². The lowest BCUT2D eigenvalue weighted by molar-refractivity contribution is -0.124. The van der Waals surface area contributed by atoms with E-state index in [4.69, 9.17) is 9.72 Å². The molecule has 2 saturated carbocycles. The maximum atomic E-state index is 13.5. The Kier molecular flexibility index (Phi) is 5.63. The minimum atomic E-state index is -0.697. The van der Waals surface area contributed by atoms with Crippen molar-refractivity contribution in [2.45, 2.75) is 6.42 Å². The first-order chi connectivity index (χ1) is 20.9. The van der Waals surface area contributed by atoms with E-state index < -0.39 is 18.4 Å². The lowest BCUT2D eigenvalue weighted by Crippen LogP contribution is -2.40. The van der Waals surface area contributed by atoms with Gasteiger partial charge in [-0.15, -0.1) is 0 Å². The van der Waals surface area contributed by atoms with Crippen molar-refractivity contribution in [3.8, 4) is 17.0 Å². The molecule has 1 aliphatic heterocycles. The number of carbonyl (C=O) groups excluding carboxylic acids is 4. The molecule has 6 unspecified atom stereocenters. The highest BCUT2D eigenvalue weighted by Gasteiger charge is 2.67. The fourth-order valence-electron chi connectivity index (χ4n) is 7.48. The van der Waals surface area contributed by atoms with Gasteiger partial charge in [0.2, 0.25) is 17.6 Å². The molecule has 2 bridgehead atoms. The van der Waals surface area contributed by atoms with Gasteiger partial charge in [0.15, 0.2) is 6.61 Å². The van der Waals surface area contributed by atoms with Gasteiger partial charge in [-0.1, -0.05) is 54.6 Å². The number of ketones is 1. The number of hydrogen-bond acceptors (Lipinski definition) is 7. The van der Waals surface area contributed by atoms with Gasteiger partial charge in [0, 0.05) is 10.9 Å². The number of nitrogens with zero attached hydrogens (tertiary/aromatic N) is 2. The zero-order valence-corrected chi connectivity index (χ0v) is 22.9. The maximum Gasteiger partial charge on any atom is 0.339 e. The van der Waals surface area contributed by atoms with E-state index in [1.807, 2.05) is 6.07 Å². The number of ether oxygens (including phenoxy) is 1. The van der Waals surface area contributed by atoms with Gasteiger partial charge in [-0.05, 0) is 66.5 Å². The third-order valence-corrected chi connectivity index (χ3v) is 9.56. The SMILES string of the molecule is O=C(COC(=O)c1cc(-c2ccc(N3C(=O)C4C5C=CC(C6CC56)C4C3=O)cc2)nc2ccccc12)c1ccccc1O. The summed E-state index contributed by atoms with van der Waals surface area (Å²) in [4.78, 5) is 58.9. The standard InChI is InChI=1S/C35H26N2O6/c38-29-8-4-2-6-23(29)30(39)17-43-35(42)26-16-28(36-27-7-3-1-5-20(26)27)18-9-11-19(12-10-18)37-33(40)31-21-13-14-22(25-15-24(21)25)32(31)34(37)41/h1-14,16,21-22,24-25,31-32,38H,15,17H2. The quantitative estimate of drug-likeness (QED) is 0.147. The number of esters is 1. The number of phenolic OH excluding ortho intramolecular Hbond substituents is 1. The number of benzene rings is 3. The first-order valence-electron chi connectivity index (χ1n) is 14.5. The van der Waals surface area contributed by atoms with Crippen LogP contribution in [-0.2, 0) is 14.3 Å². The van der Waals surface area contributed by atoms with Crippen LogP contribution in [0.4, 0.5) is 5.69 Å². The van der Waals surface area contributed by atoms with Gasteiger partial charge in [-0.25, -0.2) is 9.78 Å². The van der Waals surface area contributed by atoms with Crippen molar-refractivity contribution in [2.75, 3.05) is 11.5 Å². The summed E-state index contributed by atoms with van der Waals surface area (Å²) in [5.74, 6) is -0.746. The molecular weight excluding hydrogens is 544 g/mol. The minimum absolute atomic E-state index is 0.0746. The Morgan fingerprint density at radius 2 is 1.49 bits per heavy atom. The van der Waals surface area contributed by atoms with E-state index in [0.29, 0.717) is 39.7 Å². The third-order valence-electron chi connectivity index (χ3n) is 9.56. The second kappa shape index (κ2) is 9.46. The summed E-state index contributed by atoms with van der Waals surface area (Å²) in [5, 5.41) is 10.5. The van der Waals surface area contributed by atoms with E-state index in [1.54, 1.807) is 60.7 Å². The van der Waals surface area contributed by atoms with Crippen LogP contribution in [0.3, 0.4) is 0 Å². The molecule has 0 spiro atoms. The third kappa shape index (κ3) is 3.93. The van der Waals surface area contributed by atoms with Crippen LogP contribution in [0.15, 0.2) is 91.0 Å². The molecule has 6 atom stereocenters. The number of hydrogen-bond donors (Lipinski definition) is 1. The molecule has 3 fully saturated rings. The lowest BCUT2D eigenvalue weighted by Gasteiger charge is -2.37. The number of aromatic hydroxyl groups is 1. The monoisotopic (exact) mass is 570 g/mol. The minimum Gasteiger partial charge on any atom is -0.507 e.